The van der Waals surface area contributed by atoms with Gasteiger partial charge < -0.3 is 4.57 Å². The molecule has 1 heterocycles. The van der Waals surface area contributed by atoms with Crippen molar-refractivity contribution in [3.63, 3.8) is 0 Å². The van der Waals surface area contributed by atoms with Gasteiger partial charge in [0.25, 0.3) is 0 Å². The van der Waals surface area contributed by atoms with Crippen molar-refractivity contribution >= 4 is 10.9 Å². The lowest BCUT2D eigenvalue weighted by atomic mass is 10.1. The van der Waals surface area contributed by atoms with Gasteiger partial charge in [-0.2, -0.15) is 0 Å². The average molecular weight is 231 g/mol. The maximum Gasteiger partial charge on any atom is 0.0478 e. The number of hydrogen-bond acceptors (Lipinski definition) is 0. The maximum atomic E-state index is 3.20. The largest absolute Gasteiger partial charge is 0.351 e. The van der Waals surface area contributed by atoms with Gasteiger partial charge in [0.05, 0.1) is 0 Å². The third kappa shape index (κ3) is 2.01. The molecule has 0 aliphatic carbocycles. The van der Waals surface area contributed by atoms with E-state index in [4.69, 9.17) is 0 Å². The molecule has 1 aromatic heterocycles. The van der Waals surface area contributed by atoms with E-state index in [9.17, 15) is 0 Å². The van der Waals surface area contributed by atoms with E-state index in [1.165, 1.54) is 10.9 Å². The number of rotatable bonds is 0. The fraction of sp³-hybridized carbons (Fsp3) is 0.0588. The molecule has 1 nitrogen and oxygen atoms in total. The quantitative estimate of drug-likeness (QED) is 0.521. The second kappa shape index (κ2) is 4.43. The first-order valence-corrected chi connectivity index (χ1v) is 5.95. The first kappa shape index (κ1) is 10.7. The molecule has 0 radical (unpaired) electrons. The predicted octanol–water partition coefficient (Wildman–Crippen LogP) is 3.58. The van der Waals surface area contributed by atoms with Crippen LogP contribution in [0.4, 0.5) is 0 Å². The van der Waals surface area contributed by atoms with E-state index in [1.807, 2.05) is 30.3 Å². The standard InChI is InChI=1S/C17H13N/c1-18-12-11-16-13-15(9-10-17(16)18)8-7-14-5-3-2-4-6-14/h2-6,9-13H,1H3. The van der Waals surface area contributed by atoms with Crippen LogP contribution in [0, 0.1) is 11.8 Å². The molecule has 0 atom stereocenters. The zero-order chi connectivity index (χ0) is 12.4. The minimum absolute atomic E-state index is 1.05. The summed E-state index contributed by atoms with van der Waals surface area (Å²) < 4.78 is 2.11. The Labute approximate surface area is 107 Å². The second-order valence-electron chi connectivity index (χ2n) is 4.32. The number of fused-ring (bicyclic) bond motifs is 1. The van der Waals surface area contributed by atoms with Gasteiger partial charge in [-0.25, -0.2) is 0 Å². The van der Waals surface area contributed by atoms with Crippen molar-refractivity contribution in [1.82, 2.24) is 4.57 Å². The molecule has 0 unspecified atom stereocenters. The number of aromatic nitrogens is 1. The van der Waals surface area contributed by atoms with E-state index in [0.717, 1.165) is 11.1 Å². The third-order valence-corrected chi connectivity index (χ3v) is 3.01. The van der Waals surface area contributed by atoms with Gasteiger partial charge >= 0.3 is 0 Å². The van der Waals surface area contributed by atoms with Crippen molar-refractivity contribution in [2.45, 2.75) is 0 Å². The van der Waals surface area contributed by atoms with E-state index >= 15 is 0 Å². The van der Waals surface area contributed by atoms with E-state index < -0.39 is 0 Å². The minimum atomic E-state index is 1.05. The monoisotopic (exact) mass is 231 g/mol. The van der Waals surface area contributed by atoms with Crippen LogP contribution < -0.4 is 0 Å². The molecule has 86 valence electrons. The van der Waals surface area contributed by atoms with Gasteiger partial charge in [0.15, 0.2) is 0 Å². The van der Waals surface area contributed by atoms with Crippen LogP contribution in [-0.4, -0.2) is 4.57 Å². The highest BCUT2D eigenvalue weighted by molar-refractivity contribution is 5.81. The van der Waals surface area contributed by atoms with Crippen molar-refractivity contribution < 1.29 is 0 Å². The number of aryl methyl sites for hydroxylation is 1. The Morgan fingerprint density at radius 2 is 1.61 bits per heavy atom. The topological polar surface area (TPSA) is 4.93 Å². The molecular weight excluding hydrogens is 218 g/mol. The SMILES string of the molecule is Cn1ccc2cc(C#Cc3ccccc3)ccc21. The Bertz CT molecular complexity index is 739. The summed E-state index contributed by atoms with van der Waals surface area (Å²) in [6.45, 7) is 0. The lowest BCUT2D eigenvalue weighted by Gasteiger charge is -1.96. The molecule has 0 aliphatic rings. The zero-order valence-electron chi connectivity index (χ0n) is 10.2. The Balaban J connectivity index is 1.99. The molecule has 1 heteroatoms. The Hall–Kier alpha value is -2.46. The van der Waals surface area contributed by atoms with Gasteiger partial charge in [-0.1, -0.05) is 30.0 Å². The molecule has 0 bridgehead atoms. The molecule has 0 N–H and O–H groups in total. The van der Waals surface area contributed by atoms with Crippen molar-refractivity contribution in [2.24, 2.45) is 7.05 Å². The van der Waals surface area contributed by atoms with E-state index in [0.29, 0.717) is 0 Å². The van der Waals surface area contributed by atoms with Crippen LogP contribution in [0.2, 0.25) is 0 Å². The molecule has 0 spiro atoms. The van der Waals surface area contributed by atoms with Crippen LogP contribution in [-0.2, 0) is 7.05 Å². The zero-order valence-corrected chi connectivity index (χ0v) is 10.2. The summed E-state index contributed by atoms with van der Waals surface area (Å²) in [5.74, 6) is 6.38. The predicted molar refractivity (Wildman–Crippen MR) is 75.3 cm³/mol. The fourth-order valence-electron chi connectivity index (χ4n) is 2.03. The van der Waals surface area contributed by atoms with Gasteiger partial charge in [-0.3, -0.25) is 0 Å². The Kier molecular flexibility index (Phi) is 2.63. The first-order chi connectivity index (χ1) is 8.83. The summed E-state index contributed by atoms with van der Waals surface area (Å²) >= 11 is 0. The van der Waals surface area contributed by atoms with Crippen LogP contribution in [0.15, 0.2) is 60.8 Å². The van der Waals surface area contributed by atoms with Gasteiger partial charge in [0.2, 0.25) is 0 Å². The molecule has 18 heavy (non-hydrogen) atoms. The normalized spacial score (nSPS) is 10.1. The molecule has 0 saturated heterocycles. The summed E-state index contributed by atoms with van der Waals surface area (Å²) in [5, 5.41) is 1.23. The first-order valence-electron chi connectivity index (χ1n) is 5.95. The van der Waals surface area contributed by atoms with Crippen LogP contribution in [0.1, 0.15) is 11.1 Å². The average Bonchev–Trinajstić information content (AvgIpc) is 2.79. The number of hydrogen-bond donors (Lipinski definition) is 0. The van der Waals surface area contributed by atoms with Crippen molar-refractivity contribution in [1.29, 1.82) is 0 Å². The Morgan fingerprint density at radius 3 is 2.44 bits per heavy atom. The van der Waals surface area contributed by atoms with Crippen LogP contribution in [0.5, 0.6) is 0 Å². The van der Waals surface area contributed by atoms with E-state index in [2.05, 4.69) is 53.9 Å². The van der Waals surface area contributed by atoms with Gasteiger partial charge in [0.1, 0.15) is 0 Å². The van der Waals surface area contributed by atoms with Crippen LogP contribution in [0.25, 0.3) is 10.9 Å². The highest BCUT2D eigenvalue weighted by atomic mass is 14.9. The molecule has 0 saturated carbocycles. The summed E-state index contributed by atoms with van der Waals surface area (Å²) in [6.07, 6.45) is 2.07. The Morgan fingerprint density at radius 1 is 0.833 bits per heavy atom. The van der Waals surface area contributed by atoms with Crippen molar-refractivity contribution in [3.8, 4) is 11.8 Å². The number of nitrogens with zero attached hydrogens (tertiary/aromatic N) is 1. The lowest BCUT2D eigenvalue weighted by Crippen LogP contribution is -1.83. The van der Waals surface area contributed by atoms with Crippen LogP contribution in [0.3, 0.4) is 0 Å². The van der Waals surface area contributed by atoms with Gasteiger partial charge in [-0.15, -0.1) is 0 Å². The fourth-order valence-corrected chi connectivity index (χ4v) is 2.03. The summed E-state index contributed by atoms with van der Waals surface area (Å²) in [5.41, 5.74) is 3.34. The number of benzene rings is 2. The second-order valence-corrected chi connectivity index (χ2v) is 4.32. The summed E-state index contributed by atoms with van der Waals surface area (Å²) in [6, 6.07) is 18.5. The summed E-state index contributed by atoms with van der Waals surface area (Å²) in [7, 11) is 2.05. The van der Waals surface area contributed by atoms with Gasteiger partial charge in [0, 0.05) is 35.3 Å². The smallest absolute Gasteiger partial charge is 0.0478 e. The summed E-state index contributed by atoms with van der Waals surface area (Å²) in [4.78, 5) is 0. The molecule has 3 rings (SSSR count). The molecule has 0 aliphatic heterocycles. The maximum absolute atomic E-state index is 3.20. The molecule has 0 fully saturated rings. The molecule has 3 aromatic rings. The molecule has 2 aromatic carbocycles. The van der Waals surface area contributed by atoms with E-state index in [1.54, 1.807) is 0 Å². The minimum Gasteiger partial charge on any atom is -0.351 e. The molecular formula is C17H13N. The highest BCUT2D eigenvalue weighted by Gasteiger charge is 1.97. The molecule has 0 amide bonds. The lowest BCUT2D eigenvalue weighted by molar-refractivity contribution is 0.969. The van der Waals surface area contributed by atoms with E-state index in [-0.39, 0.29) is 0 Å². The van der Waals surface area contributed by atoms with Crippen LogP contribution >= 0.6 is 0 Å². The van der Waals surface area contributed by atoms with Gasteiger partial charge in [-0.05, 0) is 36.4 Å². The highest BCUT2D eigenvalue weighted by Crippen LogP contribution is 2.16. The van der Waals surface area contributed by atoms with Crippen molar-refractivity contribution in [3.05, 3.63) is 71.9 Å². The third-order valence-electron chi connectivity index (χ3n) is 3.01. The van der Waals surface area contributed by atoms with Crippen molar-refractivity contribution in [2.75, 3.05) is 0 Å².